The Morgan fingerprint density at radius 3 is 2.00 bits per heavy atom. The standard InChI is InChI=1S/C24H25NO2/c1-27-24(26)23(20-13-7-3-8-14-20)22(25-21-15-9-4-10-16-21)18-17-19-11-5-2-6-12-19/h2-16,22-23,25H,17-18H2,1H3. The Labute approximate surface area is 161 Å². The molecular formula is C24H25NO2. The van der Waals surface area contributed by atoms with Gasteiger partial charge < -0.3 is 10.1 Å². The van der Waals surface area contributed by atoms with Crippen molar-refractivity contribution in [3.05, 3.63) is 102 Å². The highest BCUT2D eigenvalue weighted by Crippen LogP contribution is 2.27. The Morgan fingerprint density at radius 2 is 1.41 bits per heavy atom. The first-order chi connectivity index (χ1) is 13.3. The highest BCUT2D eigenvalue weighted by molar-refractivity contribution is 5.79. The molecule has 0 heterocycles. The van der Waals surface area contributed by atoms with Crippen molar-refractivity contribution < 1.29 is 9.53 Å². The van der Waals surface area contributed by atoms with Gasteiger partial charge in [-0.1, -0.05) is 78.9 Å². The Balaban J connectivity index is 1.88. The van der Waals surface area contributed by atoms with Crippen molar-refractivity contribution in [3.8, 4) is 0 Å². The lowest BCUT2D eigenvalue weighted by Gasteiger charge is -2.28. The molecule has 3 aromatic carbocycles. The molecule has 3 rings (SSSR count). The number of esters is 1. The van der Waals surface area contributed by atoms with Gasteiger partial charge in [-0.05, 0) is 36.1 Å². The minimum atomic E-state index is -0.375. The lowest BCUT2D eigenvalue weighted by molar-refractivity contribution is -0.142. The Bertz CT molecular complexity index is 819. The first-order valence-electron chi connectivity index (χ1n) is 9.26. The molecule has 3 heteroatoms. The zero-order chi connectivity index (χ0) is 18.9. The second kappa shape index (κ2) is 9.58. The summed E-state index contributed by atoms with van der Waals surface area (Å²) < 4.78 is 5.16. The Morgan fingerprint density at radius 1 is 0.852 bits per heavy atom. The molecule has 138 valence electrons. The van der Waals surface area contributed by atoms with Crippen LogP contribution < -0.4 is 5.32 Å². The summed E-state index contributed by atoms with van der Waals surface area (Å²) in [6, 6.07) is 30.1. The van der Waals surface area contributed by atoms with Crippen LogP contribution in [0.15, 0.2) is 91.0 Å². The molecule has 27 heavy (non-hydrogen) atoms. The van der Waals surface area contributed by atoms with Gasteiger partial charge in [-0.2, -0.15) is 0 Å². The summed E-state index contributed by atoms with van der Waals surface area (Å²) in [5, 5.41) is 3.56. The zero-order valence-electron chi connectivity index (χ0n) is 15.5. The number of benzene rings is 3. The molecule has 0 aliphatic carbocycles. The number of rotatable bonds is 8. The lowest BCUT2D eigenvalue weighted by atomic mass is 9.87. The number of methoxy groups -OCH3 is 1. The average Bonchev–Trinajstić information content (AvgIpc) is 2.74. The fraction of sp³-hybridized carbons (Fsp3) is 0.208. The van der Waals surface area contributed by atoms with Gasteiger partial charge in [0.05, 0.1) is 7.11 Å². The third kappa shape index (κ3) is 5.20. The summed E-state index contributed by atoms with van der Waals surface area (Å²) in [6.45, 7) is 0. The Kier molecular flexibility index (Phi) is 6.64. The summed E-state index contributed by atoms with van der Waals surface area (Å²) in [6.07, 6.45) is 1.69. The van der Waals surface area contributed by atoms with Crippen LogP contribution in [0.1, 0.15) is 23.5 Å². The number of hydrogen-bond donors (Lipinski definition) is 1. The number of hydrogen-bond acceptors (Lipinski definition) is 3. The normalized spacial score (nSPS) is 12.8. The van der Waals surface area contributed by atoms with Gasteiger partial charge in [0.1, 0.15) is 5.92 Å². The van der Waals surface area contributed by atoms with Crippen molar-refractivity contribution in [2.24, 2.45) is 0 Å². The van der Waals surface area contributed by atoms with E-state index < -0.39 is 0 Å². The van der Waals surface area contributed by atoms with Gasteiger partial charge in [-0.3, -0.25) is 4.79 Å². The smallest absolute Gasteiger partial charge is 0.315 e. The van der Waals surface area contributed by atoms with Crippen molar-refractivity contribution in [1.82, 2.24) is 0 Å². The number of carbonyl (C=O) groups excluding carboxylic acids is 1. The molecule has 0 aliphatic rings. The molecule has 0 fully saturated rings. The lowest BCUT2D eigenvalue weighted by Crippen LogP contribution is -2.34. The number of anilines is 1. The highest BCUT2D eigenvalue weighted by Gasteiger charge is 2.30. The monoisotopic (exact) mass is 359 g/mol. The van der Waals surface area contributed by atoms with Crippen molar-refractivity contribution in [2.45, 2.75) is 24.8 Å². The van der Waals surface area contributed by atoms with Crippen LogP contribution in [-0.4, -0.2) is 19.1 Å². The van der Waals surface area contributed by atoms with E-state index >= 15 is 0 Å². The summed E-state index contributed by atoms with van der Waals surface area (Å²) in [4.78, 5) is 12.7. The topological polar surface area (TPSA) is 38.3 Å². The fourth-order valence-corrected chi connectivity index (χ4v) is 3.36. The molecule has 3 nitrogen and oxygen atoms in total. The molecule has 0 saturated heterocycles. The molecule has 2 unspecified atom stereocenters. The predicted octanol–water partition coefficient (Wildman–Crippen LogP) is 5.06. The van der Waals surface area contributed by atoms with E-state index in [0.29, 0.717) is 0 Å². The minimum absolute atomic E-state index is 0.0811. The average molecular weight is 359 g/mol. The maximum Gasteiger partial charge on any atom is 0.315 e. The van der Waals surface area contributed by atoms with E-state index in [1.165, 1.54) is 12.7 Å². The third-order valence-electron chi connectivity index (χ3n) is 4.73. The molecule has 0 aromatic heterocycles. The first-order valence-corrected chi connectivity index (χ1v) is 9.26. The number of ether oxygens (including phenoxy) is 1. The van der Waals surface area contributed by atoms with Crippen LogP contribution in [0.25, 0.3) is 0 Å². The highest BCUT2D eigenvalue weighted by atomic mass is 16.5. The fourth-order valence-electron chi connectivity index (χ4n) is 3.36. The van der Waals surface area contributed by atoms with E-state index in [-0.39, 0.29) is 17.9 Å². The van der Waals surface area contributed by atoms with E-state index in [1.807, 2.05) is 78.9 Å². The van der Waals surface area contributed by atoms with Gasteiger partial charge in [0, 0.05) is 11.7 Å². The third-order valence-corrected chi connectivity index (χ3v) is 4.73. The van der Waals surface area contributed by atoms with Crippen molar-refractivity contribution in [2.75, 3.05) is 12.4 Å². The second-order valence-electron chi connectivity index (χ2n) is 6.55. The maximum atomic E-state index is 12.7. The largest absolute Gasteiger partial charge is 0.468 e. The first kappa shape index (κ1) is 18.7. The van der Waals surface area contributed by atoms with Crippen LogP contribution in [0, 0.1) is 0 Å². The van der Waals surface area contributed by atoms with Gasteiger partial charge in [-0.25, -0.2) is 0 Å². The van der Waals surface area contributed by atoms with E-state index in [4.69, 9.17) is 4.74 Å². The Hall–Kier alpha value is -3.07. The van der Waals surface area contributed by atoms with Crippen LogP contribution in [0.2, 0.25) is 0 Å². The number of para-hydroxylation sites is 1. The van der Waals surface area contributed by atoms with Crippen LogP contribution in [-0.2, 0) is 16.0 Å². The van der Waals surface area contributed by atoms with E-state index in [2.05, 4.69) is 17.4 Å². The predicted molar refractivity (Wildman–Crippen MR) is 110 cm³/mol. The van der Waals surface area contributed by atoms with Crippen molar-refractivity contribution in [3.63, 3.8) is 0 Å². The molecule has 3 aromatic rings. The summed E-state index contributed by atoms with van der Waals surface area (Å²) >= 11 is 0. The molecule has 0 aliphatic heterocycles. The summed E-state index contributed by atoms with van der Waals surface area (Å²) in [5.41, 5.74) is 3.22. The molecule has 0 amide bonds. The van der Waals surface area contributed by atoms with Gasteiger partial charge in [-0.15, -0.1) is 0 Å². The summed E-state index contributed by atoms with van der Waals surface area (Å²) in [7, 11) is 1.45. The second-order valence-corrected chi connectivity index (χ2v) is 6.55. The summed E-state index contributed by atoms with van der Waals surface area (Å²) in [5.74, 6) is -0.595. The number of carbonyl (C=O) groups is 1. The molecular weight excluding hydrogens is 334 g/mol. The van der Waals surface area contributed by atoms with E-state index in [0.717, 1.165) is 24.1 Å². The zero-order valence-corrected chi connectivity index (χ0v) is 15.5. The number of aryl methyl sites for hydroxylation is 1. The maximum absolute atomic E-state index is 12.7. The molecule has 0 spiro atoms. The number of nitrogens with one attached hydrogen (secondary N) is 1. The van der Waals surface area contributed by atoms with Crippen LogP contribution >= 0.6 is 0 Å². The van der Waals surface area contributed by atoms with Crippen molar-refractivity contribution in [1.29, 1.82) is 0 Å². The van der Waals surface area contributed by atoms with Crippen LogP contribution in [0.4, 0.5) is 5.69 Å². The molecule has 2 atom stereocenters. The van der Waals surface area contributed by atoms with Gasteiger partial charge in [0.15, 0.2) is 0 Å². The molecule has 0 bridgehead atoms. The SMILES string of the molecule is COC(=O)C(c1ccccc1)C(CCc1ccccc1)Nc1ccccc1. The quantitative estimate of drug-likeness (QED) is 0.572. The van der Waals surface area contributed by atoms with Crippen LogP contribution in [0.5, 0.6) is 0 Å². The molecule has 1 N–H and O–H groups in total. The minimum Gasteiger partial charge on any atom is -0.468 e. The van der Waals surface area contributed by atoms with Crippen molar-refractivity contribution >= 4 is 11.7 Å². The van der Waals surface area contributed by atoms with Gasteiger partial charge in [0.2, 0.25) is 0 Å². The van der Waals surface area contributed by atoms with Gasteiger partial charge >= 0.3 is 5.97 Å². The van der Waals surface area contributed by atoms with E-state index in [9.17, 15) is 4.79 Å². The van der Waals surface area contributed by atoms with E-state index in [1.54, 1.807) is 0 Å². The molecule has 0 radical (unpaired) electrons. The van der Waals surface area contributed by atoms with Gasteiger partial charge in [0.25, 0.3) is 0 Å². The molecule has 0 saturated carbocycles. The van der Waals surface area contributed by atoms with Crippen LogP contribution in [0.3, 0.4) is 0 Å².